The average molecular weight is 736 g/mol. The van der Waals surface area contributed by atoms with E-state index in [9.17, 15) is 20.1 Å². The van der Waals surface area contributed by atoms with Gasteiger partial charge >= 0.3 is 0 Å². The summed E-state index contributed by atoms with van der Waals surface area (Å²) in [7, 11) is 0. The summed E-state index contributed by atoms with van der Waals surface area (Å²) < 4.78 is 7.33. The molecule has 1 aliphatic heterocycles. The van der Waals surface area contributed by atoms with E-state index in [0.29, 0.717) is 27.3 Å². The van der Waals surface area contributed by atoms with Crippen molar-refractivity contribution in [3.8, 4) is 12.1 Å². The molecule has 7 rings (SSSR count). The molecule has 2 aliphatic carbocycles. The number of nitrogens with zero attached hydrogens (tertiary/aromatic N) is 7. The van der Waals surface area contributed by atoms with E-state index in [0.717, 1.165) is 27.9 Å². The molecule has 49 heavy (non-hydrogen) atoms. The van der Waals surface area contributed by atoms with Crippen LogP contribution >= 0.6 is 57.1 Å². The molecule has 14 heteroatoms. The fraction of sp³-hybridized carbons (Fsp3) is 0.286. The van der Waals surface area contributed by atoms with Crippen LogP contribution in [0, 0.1) is 35.8 Å². The van der Waals surface area contributed by atoms with Gasteiger partial charge in [-0.2, -0.15) is 0 Å². The number of aromatic nitrogens is 1. The van der Waals surface area contributed by atoms with Crippen LogP contribution in [0.5, 0.6) is 0 Å². The first-order chi connectivity index (χ1) is 23.4. The summed E-state index contributed by atoms with van der Waals surface area (Å²) in [6.07, 6.45) is 6.16. The van der Waals surface area contributed by atoms with E-state index in [-0.39, 0.29) is 33.3 Å². The molecule has 5 heterocycles. The zero-order valence-electron chi connectivity index (χ0n) is 27.1. The maximum atomic E-state index is 13.3. The molecule has 4 aromatic heterocycles. The molecule has 0 saturated carbocycles. The van der Waals surface area contributed by atoms with Crippen molar-refractivity contribution < 1.29 is 4.79 Å². The van der Waals surface area contributed by atoms with Crippen LogP contribution in [-0.4, -0.2) is 27.0 Å². The number of hydrogen-bond acceptors (Lipinski definition) is 10. The molecule has 0 atom stereocenters. The number of carbonyl (C=O) groups is 1. The third-order valence-electron chi connectivity index (χ3n) is 9.12. The standard InChI is InChI=1S/C35H25N7O2S5/c1-9-41-30(43)21(47-32(41)17(14-36)38-7)12-16-11-19-23(34(16,3)4)25-27(45-19)28-26(48-25)24-20(46-28)13-22(35(24,5)6)40-29-31(44)42(10-2)33(49-29)18(15-37)39-8/h11-13H,9-10H2,1-6H3/b21-12-,32-17-,33-18+,40-29?. The van der Waals surface area contributed by atoms with Crippen molar-refractivity contribution in [2.75, 3.05) is 6.54 Å². The third-order valence-corrected chi connectivity index (χ3v) is 15.2. The number of allylic oxidation sites excluding steroid dienone is 3. The van der Waals surface area contributed by atoms with Gasteiger partial charge in [-0.1, -0.05) is 39.5 Å². The molecule has 0 aromatic carbocycles. The van der Waals surface area contributed by atoms with Crippen molar-refractivity contribution in [2.45, 2.75) is 58.9 Å². The molecule has 9 nitrogen and oxygen atoms in total. The number of thiazole rings is 1. The Labute approximate surface area is 301 Å². The Morgan fingerprint density at radius 2 is 1.49 bits per heavy atom. The lowest BCUT2D eigenvalue weighted by molar-refractivity contribution is -0.121. The molecule has 242 valence electrons. The Morgan fingerprint density at radius 3 is 2.06 bits per heavy atom. The quantitative estimate of drug-likeness (QED) is 0.161. The van der Waals surface area contributed by atoms with Gasteiger partial charge in [-0.15, -0.1) is 45.3 Å². The van der Waals surface area contributed by atoms with Crippen molar-refractivity contribution >= 4 is 111 Å². The number of thioether (sulfide) groups is 1. The largest absolute Gasteiger partial charge is 0.309 e. The highest BCUT2D eigenvalue weighted by Crippen LogP contribution is 2.59. The van der Waals surface area contributed by atoms with E-state index in [1.165, 1.54) is 55.6 Å². The van der Waals surface area contributed by atoms with Gasteiger partial charge < -0.3 is 9.47 Å². The maximum absolute atomic E-state index is 13.3. The van der Waals surface area contributed by atoms with Crippen molar-refractivity contribution in [3.63, 3.8) is 0 Å². The SMILES string of the molecule is [C-]#[N+]/C(C#N)=c1\s/c(=C\C2=Cc3sc4c(sc5c6c(sc54)C=C(N=C4S/C(=C(\C#N)[N+]#[C-])N(CC)C4=O)C6(C)C)c3C2(C)C)c(=O)n1CC. The molecule has 1 fully saturated rings. The number of rotatable bonds is 4. The summed E-state index contributed by atoms with van der Waals surface area (Å²) in [6, 6.07) is 3.84. The van der Waals surface area contributed by atoms with Gasteiger partial charge in [0, 0.05) is 33.7 Å². The topological polar surface area (TPSA) is 111 Å². The lowest BCUT2D eigenvalue weighted by Crippen LogP contribution is -2.31. The molecule has 0 spiro atoms. The number of thiophene rings is 3. The Kier molecular flexibility index (Phi) is 7.76. The molecule has 0 bridgehead atoms. The van der Waals surface area contributed by atoms with Crippen molar-refractivity contribution in [2.24, 2.45) is 4.99 Å². The Balaban J connectivity index is 1.30. The predicted molar refractivity (Wildman–Crippen MR) is 202 cm³/mol. The Hall–Kier alpha value is -4.54. The second kappa shape index (κ2) is 11.5. The number of carbonyl (C=O) groups excluding carboxylic acids is 1. The molecular formula is C35H25N7O2S5. The molecule has 4 aromatic rings. The van der Waals surface area contributed by atoms with E-state index in [4.69, 9.17) is 18.1 Å². The monoisotopic (exact) mass is 735 g/mol. The first kappa shape index (κ1) is 33.0. The number of amides is 1. The van der Waals surface area contributed by atoms with Crippen molar-refractivity contribution in [1.29, 1.82) is 10.5 Å². The van der Waals surface area contributed by atoms with Crippen LogP contribution in [0.4, 0.5) is 0 Å². The summed E-state index contributed by atoms with van der Waals surface area (Å²) in [5.41, 5.74) is 2.98. The third kappa shape index (κ3) is 4.60. The summed E-state index contributed by atoms with van der Waals surface area (Å²) >= 11 is 7.56. The van der Waals surface area contributed by atoms with Crippen LogP contribution in [0.2, 0.25) is 0 Å². The second-order valence-electron chi connectivity index (χ2n) is 12.5. The average Bonchev–Trinajstić information content (AvgIpc) is 3.89. The van der Waals surface area contributed by atoms with Gasteiger partial charge in [0.2, 0.25) is 0 Å². The molecule has 0 unspecified atom stereocenters. The van der Waals surface area contributed by atoms with Gasteiger partial charge in [0.1, 0.15) is 9.69 Å². The van der Waals surface area contributed by atoms with E-state index in [2.05, 4.69) is 49.5 Å². The van der Waals surface area contributed by atoms with Gasteiger partial charge in [-0.05, 0) is 48.8 Å². The molecule has 1 amide bonds. The minimum atomic E-state index is -0.480. The summed E-state index contributed by atoms with van der Waals surface area (Å²) in [6.45, 7) is 27.7. The normalized spacial score (nSPS) is 20.2. The molecular weight excluding hydrogens is 711 g/mol. The van der Waals surface area contributed by atoms with E-state index < -0.39 is 5.41 Å². The zero-order chi connectivity index (χ0) is 35.2. The van der Waals surface area contributed by atoms with Crippen LogP contribution in [0.3, 0.4) is 0 Å². The first-order valence-electron chi connectivity index (χ1n) is 15.2. The van der Waals surface area contributed by atoms with Crippen molar-refractivity contribution in [1.82, 2.24) is 9.47 Å². The lowest BCUT2D eigenvalue weighted by atomic mass is 9.82. The number of nitriles is 2. The smallest absolute Gasteiger partial charge is 0.294 e. The van der Waals surface area contributed by atoms with E-state index >= 15 is 0 Å². The van der Waals surface area contributed by atoms with Gasteiger partial charge in [0.15, 0.2) is 5.04 Å². The highest BCUT2D eigenvalue weighted by Gasteiger charge is 2.42. The number of fused-ring (bicyclic) bond motifs is 7. The second-order valence-corrected chi connectivity index (χ2v) is 17.6. The molecule has 0 radical (unpaired) electrons. The molecule has 0 N–H and O–H groups in total. The van der Waals surface area contributed by atoms with Crippen LogP contribution in [0.15, 0.2) is 31.8 Å². The van der Waals surface area contributed by atoms with E-state index in [1.807, 2.05) is 32.1 Å². The first-order valence-corrected chi connectivity index (χ1v) is 19.2. The van der Waals surface area contributed by atoms with Crippen molar-refractivity contribution in [3.05, 3.63) is 85.3 Å². The summed E-state index contributed by atoms with van der Waals surface area (Å²) in [5, 5.41) is 19.5. The van der Waals surface area contributed by atoms with Gasteiger partial charge in [0.25, 0.3) is 22.9 Å². The maximum Gasteiger partial charge on any atom is 0.294 e. The minimum Gasteiger partial charge on any atom is -0.309 e. The zero-order valence-corrected chi connectivity index (χ0v) is 31.2. The predicted octanol–water partition coefficient (Wildman–Crippen LogP) is 7.36. The highest BCUT2D eigenvalue weighted by molar-refractivity contribution is 8.19. The van der Waals surface area contributed by atoms with Crippen LogP contribution in [0.25, 0.3) is 52.4 Å². The molecule has 1 saturated heterocycles. The lowest BCUT2D eigenvalue weighted by Gasteiger charge is -2.22. The summed E-state index contributed by atoms with van der Waals surface area (Å²) in [4.78, 5) is 41.8. The Morgan fingerprint density at radius 1 is 0.878 bits per heavy atom. The fourth-order valence-corrected chi connectivity index (χ4v) is 13.7. The minimum absolute atomic E-state index is 0.0754. The summed E-state index contributed by atoms with van der Waals surface area (Å²) in [5.74, 6) is -0.298. The van der Waals surface area contributed by atoms with Crippen LogP contribution in [0.1, 0.15) is 62.4 Å². The van der Waals surface area contributed by atoms with Gasteiger partial charge in [-0.25, -0.2) is 25.2 Å². The molecule has 3 aliphatic rings. The fourth-order valence-electron chi connectivity index (χ4n) is 6.55. The van der Waals surface area contributed by atoms with Gasteiger partial charge in [-0.3, -0.25) is 9.59 Å². The highest BCUT2D eigenvalue weighted by atomic mass is 32.2. The number of hydrogen-bond donors (Lipinski definition) is 0. The van der Waals surface area contributed by atoms with E-state index in [1.54, 1.807) is 34.0 Å². The van der Waals surface area contributed by atoms with Crippen LogP contribution in [-0.2, 0) is 22.2 Å². The van der Waals surface area contributed by atoms with Gasteiger partial charge in [0.05, 0.1) is 54.3 Å². The van der Waals surface area contributed by atoms with Crippen LogP contribution < -0.4 is 14.8 Å². The number of aliphatic imine (C=N–C) groups is 1. The Bertz CT molecular complexity index is 2680.